The minimum Gasteiger partial charge on any atom is -0.368 e. The lowest BCUT2D eigenvalue weighted by Crippen LogP contribution is -2.51. The van der Waals surface area contributed by atoms with Crippen molar-refractivity contribution in [3.63, 3.8) is 0 Å². The van der Waals surface area contributed by atoms with E-state index in [9.17, 15) is 9.59 Å². The lowest BCUT2D eigenvalue weighted by atomic mass is 10.2. The van der Waals surface area contributed by atoms with Crippen LogP contribution in [0.4, 0.5) is 5.69 Å². The Balaban J connectivity index is 1.43. The van der Waals surface area contributed by atoms with Crippen molar-refractivity contribution in [3.05, 3.63) is 52.2 Å². The number of benzene rings is 1. The van der Waals surface area contributed by atoms with E-state index in [1.807, 2.05) is 22.4 Å². The summed E-state index contributed by atoms with van der Waals surface area (Å²) in [6.07, 6.45) is 0.339. The van der Waals surface area contributed by atoms with E-state index in [-0.39, 0.29) is 18.4 Å². The zero-order valence-electron chi connectivity index (χ0n) is 14.4. The Morgan fingerprint density at radius 3 is 2.60 bits per heavy atom. The molecule has 2 heterocycles. The van der Waals surface area contributed by atoms with Gasteiger partial charge in [-0.1, -0.05) is 18.2 Å². The van der Waals surface area contributed by atoms with Crippen LogP contribution in [0.15, 0.2) is 41.8 Å². The van der Waals surface area contributed by atoms with Crippen LogP contribution in [0.25, 0.3) is 0 Å². The fraction of sp³-hybridized carbons (Fsp3) is 0.368. The van der Waals surface area contributed by atoms with Gasteiger partial charge in [0.2, 0.25) is 11.8 Å². The second kappa shape index (κ2) is 8.16. The van der Waals surface area contributed by atoms with Gasteiger partial charge in [-0.15, -0.1) is 11.3 Å². The van der Waals surface area contributed by atoms with Crippen LogP contribution in [-0.2, 0) is 16.0 Å². The van der Waals surface area contributed by atoms with Crippen LogP contribution in [0.3, 0.4) is 0 Å². The quantitative estimate of drug-likeness (QED) is 0.891. The monoisotopic (exact) mass is 357 g/mol. The molecule has 5 nitrogen and oxygen atoms in total. The third-order valence-corrected chi connectivity index (χ3v) is 5.23. The van der Waals surface area contributed by atoms with Gasteiger partial charge in [-0.05, 0) is 36.1 Å². The van der Waals surface area contributed by atoms with Crippen LogP contribution in [0.1, 0.15) is 10.4 Å². The summed E-state index contributed by atoms with van der Waals surface area (Å²) in [6, 6.07) is 12.3. The number of carbonyl (C=O) groups is 2. The van der Waals surface area contributed by atoms with Crippen LogP contribution >= 0.6 is 11.3 Å². The Labute approximate surface area is 152 Å². The molecule has 0 bridgehead atoms. The summed E-state index contributed by atoms with van der Waals surface area (Å²) in [5, 5.41) is 4.68. The molecule has 3 rings (SSSR count). The average molecular weight is 357 g/mol. The summed E-state index contributed by atoms with van der Waals surface area (Å²) in [5.41, 5.74) is 2.45. The summed E-state index contributed by atoms with van der Waals surface area (Å²) in [4.78, 5) is 29.3. The van der Waals surface area contributed by atoms with Crippen molar-refractivity contribution in [3.8, 4) is 0 Å². The van der Waals surface area contributed by atoms with E-state index in [4.69, 9.17) is 0 Å². The first-order valence-electron chi connectivity index (χ1n) is 8.50. The third kappa shape index (κ3) is 4.82. The third-order valence-electron chi connectivity index (χ3n) is 4.35. The van der Waals surface area contributed by atoms with Crippen molar-refractivity contribution in [2.24, 2.45) is 0 Å². The molecule has 0 radical (unpaired) electrons. The number of piperazine rings is 1. The number of nitrogens with one attached hydrogen (secondary N) is 1. The zero-order valence-corrected chi connectivity index (χ0v) is 15.2. The van der Waals surface area contributed by atoms with Crippen LogP contribution in [0.5, 0.6) is 0 Å². The Morgan fingerprint density at radius 2 is 1.92 bits per heavy atom. The molecule has 1 aliphatic rings. The molecule has 0 spiro atoms. The molecule has 1 N–H and O–H groups in total. The van der Waals surface area contributed by atoms with E-state index in [2.05, 4.69) is 41.4 Å². The van der Waals surface area contributed by atoms with Gasteiger partial charge in [0.25, 0.3) is 0 Å². The number of carbonyl (C=O) groups excluding carboxylic acids is 2. The number of thiophene rings is 1. The van der Waals surface area contributed by atoms with Gasteiger partial charge in [-0.2, -0.15) is 0 Å². The minimum absolute atomic E-state index is 0.0107. The molecule has 1 aromatic carbocycles. The summed E-state index contributed by atoms with van der Waals surface area (Å²) in [6.45, 7) is 5.18. The molecule has 2 amide bonds. The molecule has 1 fully saturated rings. The second-order valence-corrected chi connectivity index (χ2v) is 7.27. The van der Waals surface area contributed by atoms with Gasteiger partial charge >= 0.3 is 0 Å². The van der Waals surface area contributed by atoms with Crippen LogP contribution < -0.4 is 10.2 Å². The SMILES string of the molecule is Cc1cccc(N2CCN(C(=O)CNC(=O)Cc3cccs3)CC2)c1. The average Bonchev–Trinajstić information content (AvgIpc) is 3.13. The number of amides is 2. The molecule has 1 saturated heterocycles. The lowest BCUT2D eigenvalue weighted by molar-refractivity contribution is -0.133. The molecular formula is C19H23N3O2S. The highest BCUT2D eigenvalue weighted by atomic mass is 32.1. The van der Waals surface area contributed by atoms with Crippen molar-refractivity contribution in [1.29, 1.82) is 0 Å². The van der Waals surface area contributed by atoms with E-state index >= 15 is 0 Å². The van der Waals surface area contributed by atoms with Crippen molar-refractivity contribution in [2.45, 2.75) is 13.3 Å². The number of nitrogens with zero attached hydrogens (tertiary/aromatic N) is 2. The van der Waals surface area contributed by atoms with Gasteiger partial charge in [0, 0.05) is 36.7 Å². The molecule has 132 valence electrons. The van der Waals surface area contributed by atoms with Gasteiger partial charge < -0.3 is 15.1 Å². The molecule has 0 saturated carbocycles. The molecule has 6 heteroatoms. The minimum atomic E-state index is -0.103. The Morgan fingerprint density at radius 1 is 1.12 bits per heavy atom. The van der Waals surface area contributed by atoms with E-state index in [1.165, 1.54) is 11.3 Å². The van der Waals surface area contributed by atoms with Crippen LogP contribution in [0, 0.1) is 6.92 Å². The van der Waals surface area contributed by atoms with Gasteiger partial charge in [-0.3, -0.25) is 9.59 Å². The number of rotatable bonds is 5. The molecule has 0 atom stereocenters. The highest BCUT2D eigenvalue weighted by Crippen LogP contribution is 2.17. The first kappa shape index (κ1) is 17.5. The topological polar surface area (TPSA) is 52.6 Å². The van der Waals surface area contributed by atoms with Crippen molar-refractivity contribution >= 4 is 28.8 Å². The number of aryl methyl sites for hydroxylation is 1. The molecule has 25 heavy (non-hydrogen) atoms. The second-order valence-electron chi connectivity index (χ2n) is 6.24. The van der Waals surface area contributed by atoms with Gasteiger partial charge in [0.1, 0.15) is 0 Å². The van der Waals surface area contributed by atoms with E-state index in [0.717, 1.165) is 18.0 Å². The zero-order chi connectivity index (χ0) is 17.6. The first-order chi connectivity index (χ1) is 12.1. The Bertz CT molecular complexity index is 722. The molecule has 1 aromatic heterocycles. The number of hydrogen-bond donors (Lipinski definition) is 1. The Kier molecular flexibility index (Phi) is 5.71. The van der Waals surface area contributed by atoms with Crippen molar-refractivity contribution < 1.29 is 9.59 Å². The van der Waals surface area contributed by atoms with Crippen LogP contribution in [-0.4, -0.2) is 49.4 Å². The predicted octanol–water partition coefficient (Wildman–Crippen LogP) is 2.06. The fourth-order valence-electron chi connectivity index (χ4n) is 2.96. The number of hydrogen-bond acceptors (Lipinski definition) is 4. The molecule has 0 unspecified atom stereocenters. The summed E-state index contributed by atoms with van der Waals surface area (Å²) >= 11 is 1.55. The first-order valence-corrected chi connectivity index (χ1v) is 9.38. The standard InChI is InChI=1S/C19H23N3O2S/c1-15-4-2-5-16(12-15)21-7-9-22(10-8-21)19(24)14-20-18(23)13-17-6-3-11-25-17/h2-6,11-12H,7-10,13-14H2,1H3,(H,20,23). The molecule has 0 aliphatic carbocycles. The van der Waals surface area contributed by atoms with E-state index in [0.29, 0.717) is 19.5 Å². The maximum Gasteiger partial charge on any atom is 0.242 e. The van der Waals surface area contributed by atoms with Crippen molar-refractivity contribution in [1.82, 2.24) is 10.2 Å². The van der Waals surface area contributed by atoms with Gasteiger partial charge in [0.05, 0.1) is 13.0 Å². The lowest BCUT2D eigenvalue weighted by Gasteiger charge is -2.36. The Hall–Kier alpha value is -2.34. The van der Waals surface area contributed by atoms with Crippen LogP contribution in [0.2, 0.25) is 0 Å². The fourth-order valence-corrected chi connectivity index (χ4v) is 3.66. The molecule has 1 aliphatic heterocycles. The normalized spacial score (nSPS) is 14.4. The van der Waals surface area contributed by atoms with E-state index in [1.54, 1.807) is 11.3 Å². The smallest absolute Gasteiger partial charge is 0.242 e. The maximum absolute atomic E-state index is 12.3. The van der Waals surface area contributed by atoms with Crippen molar-refractivity contribution in [2.75, 3.05) is 37.6 Å². The summed E-state index contributed by atoms with van der Waals surface area (Å²) in [7, 11) is 0. The molecular weight excluding hydrogens is 334 g/mol. The maximum atomic E-state index is 12.3. The van der Waals surface area contributed by atoms with Gasteiger partial charge in [0.15, 0.2) is 0 Å². The molecule has 2 aromatic rings. The highest BCUT2D eigenvalue weighted by molar-refractivity contribution is 7.10. The number of anilines is 1. The summed E-state index contributed by atoms with van der Waals surface area (Å²) < 4.78 is 0. The predicted molar refractivity (Wildman–Crippen MR) is 101 cm³/mol. The van der Waals surface area contributed by atoms with E-state index < -0.39 is 0 Å². The summed E-state index contributed by atoms with van der Waals surface area (Å²) in [5.74, 6) is -0.113. The van der Waals surface area contributed by atoms with Gasteiger partial charge in [-0.25, -0.2) is 0 Å². The largest absolute Gasteiger partial charge is 0.368 e. The highest BCUT2D eigenvalue weighted by Gasteiger charge is 2.21.